The van der Waals surface area contributed by atoms with Crippen molar-refractivity contribution < 1.29 is 9.90 Å². The predicted molar refractivity (Wildman–Crippen MR) is 80.6 cm³/mol. The average Bonchev–Trinajstić information content (AvgIpc) is 2.94. The summed E-state index contributed by atoms with van der Waals surface area (Å²) >= 11 is 0. The molecule has 1 N–H and O–H groups in total. The molecule has 1 fully saturated rings. The molecule has 0 radical (unpaired) electrons. The molecule has 3 heteroatoms. The highest BCUT2D eigenvalue weighted by atomic mass is 16.4. The van der Waals surface area contributed by atoms with Crippen LogP contribution in [0.4, 0.5) is 0 Å². The van der Waals surface area contributed by atoms with Gasteiger partial charge in [0.2, 0.25) is 0 Å². The van der Waals surface area contributed by atoms with Crippen LogP contribution in [0, 0.1) is 12.8 Å². The largest absolute Gasteiger partial charge is 0.481 e. The van der Waals surface area contributed by atoms with Crippen molar-refractivity contribution in [3.63, 3.8) is 0 Å². The van der Waals surface area contributed by atoms with Gasteiger partial charge in [-0.1, -0.05) is 44.0 Å². The minimum absolute atomic E-state index is 0.306. The first-order valence-corrected chi connectivity index (χ1v) is 7.59. The number of aryl methyl sites for hydroxylation is 1. The Morgan fingerprint density at radius 3 is 2.60 bits per heavy atom. The normalized spacial score (nSPS) is 17.6. The van der Waals surface area contributed by atoms with Crippen molar-refractivity contribution in [3.8, 4) is 0 Å². The first-order valence-electron chi connectivity index (χ1n) is 7.59. The fourth-order valence-corrected chi connectivity index (χ4v) is 3.05. The van der Waals surface area contributed by atoms with Gasteiger partial charge in [0.25, 0.3) is 0 Å². The van der Waals surface area contributed by atoms with E-state index in [9.17, 15) is 4.79 Å². The van der Waals surface area contributed by atoms with Crippen LogP contribution in [0.25, 0.3) is 0 Å². The van der Waals surface area contributed by atoms with Gasteiger partial charge in [0.15, 0.2) is 0 Å². The van der Waals surface area contributed by atoms with Gasteiger partial charge in [0.05, 0.1) is 5.92 Å². The number of carboxylic acids is 1. The lowest BCUT2D eigenvalue weighted by molar-refractivity contribution is -0.142. The summed E-state index contributed by atoms with van der Waals surface area (Å²) in [7, 11) is 0. The molecule has 1 unspecified atom stereocenters. The molecule has 2 rings (SSSR count). The van der Waals surface area contributed by atoms with Crippen molar-refractivity contribution >= 4 is 5.97 Å². The number of rotatable bonds is 6. The van der Waals surface area contributed by atoms with E-state index in [0.29, 0.717) is 12.6 Å². The van der Waals surface area contributed by atoms with Crippen LogP contribution < -0.4 is 0 Å². The van der Waals surface area contributed by atoms with E-state index in [1.807, 2.05) is 6.92 Å². The standard InChI is InChI=1S/C17H25NO2/c1-13-7-3-4-8-15(13)12-18(11-14(2)17(19)20)16-9-5-6-10-16/h3-4,7-8,14,16H,5-6,9-12H2,1-2H3,(H,19,20). The molecule has 0 aliphatic heterocycles. The molecule has 1 aromatic carbocycles. The van der Waals surface area contributed by atoms with Gasteiger partial charge in [-0.3, -0.25) is 9.69 Å². The number of aliphatic carboxylic acids is 1. The van der Waals surface area contributed by atoms with Gasteiger partial charge in [0.1, 0.15) is 0 Å². The lowest BCUT2D eigenvalue weighted by atomic mass is 10.0. The molecule has 110 valence electrons. The van der Waals surface area contributed by atoms with Gasteiger partial charge < -0.3 is 5.11 Å². The number of hydrogen-bond donors (Lipinski definition) is 1. The molecule has 0 aromatic heterocycles. The predicted octanol–water partition coefficient (Wildman–Crippen LogP) is 3.46. The number of carbonyl (C=O) groups is 1. The van der Waals surface area contributed by atoms with Gasteiger partial charge in [-0.05, 0) is 30.9 Å². The molecule has 1 saturated carbocycles. The highest BCUT2D eigenvalue weighted by Gasteiger charge is 2.26. The molecule has 0 heterocycles. The molecule has 1 aliphatic carbocycles. The molecule has 0 spiro atoms. The molecule has 0 saturated heterocycles. The highest BCUT2D eigenvalue weighted by Crippen LogP contribution is 2.26. The minimum atomic E-state index is -0.696. The fraction of sp³-hybridized carbons (Fsp3) is 0.588. The first-order chi connectivity index (χ1) is 9.58. The molecule has 1 aliphatic rings. The quantitative estimate of drug-likeness (QED) is 0.864. The average molecular weight is 275 g/mol. The Morgan fingerprint density at radius 2 is 2.00 bits per heavy atom. The number of carboxylic acid groups (broad SMARTS) is 1. The maximum atomic E-state index is 11.1. The van der Waals surface area contributed by atoms with Crippen LogP contribution in [0.5, 0.6) is 0 Å². The van der Waals surface area contributed by atoms with Crippen LogP contribution in [-0.2, 0) is 11.3 Å². The smallest absolute Gasteiger partial charge is 0.307 e. The van der Waals surface area contributed by atoms with E-state index in [1.54, 1.807) is 0 Å². The van der Waals surface area contributed by atoms with Gasteiger partial charge in [-0.15, -0.1) is 0 Å². The van der Waals surface area contributed by atoms with Crippen molar-refractivity contribution in [1.82, 2.24) is 4.90 Å². The van der Waals surface area contributed by atoms with Gasteiger partial charge in [0, 0.05) is 19.1 Å². The van der Waals surface area contributed by atoms with Crippen LogP contribution >= 0.6 is 0 Å². The topological polar surface area (TPSA) is 40.5 Å². The van der Waals surface area contributed by atoms with Gasteiger partial charge in [-0.25, -0.2) is 0 Å². The maximum absolute atomic E-state index is 11.1. The summed E-state index contributed by atoms with van der Waals surface area (Å²) in [6.07, 6.45) is 4.96. The van der Waals surface area contributed by atoms with E-state index in [1.165, 1.54) is 36.8 Å². The van der Waals surface area contributed by atoms with Crippen molar-refractivity contribution in [2.75, 3.05) is 6.54 Å². The lowest BCUT2D eigenvalue weighted by Gasteiger charge is -2.30. The molecule has 20 heavy (non-hydrogen) atoms. The Bertz CT molecular complexity index is 452. The third kappa shape index (κ3) is 3.83. The van der Waals surface area contributed by atoms with Crippen LogP contribution in [0.3, 0.4) is 0 Å². The number of benzene rings is 1. The second kappa shape index (κ2) is 6.89. The molecular formula is C17H25NO2. The zero-order valence-corrected chi connectivity index (χ0v) is 12.5. The third-order valence-electron chi connectivity index (χ3n) is 4.41. The summed E-state index contributed by atoms with van der Waals surface area (Å²) in [5.74, 6) is -1.00. The second-order valence-corrected chi connectivity index (χ2v) is 6.03. The summed E-state index contributed by atoms with van der Waals surface area (Å²) in [4.78, 5) is 13.5. The third-order valence-corrected chi connectivity index (χ3v) is 4.41. The van der Waals surface area contributed by atoms with Crippen LogP contribution in [-0.4, -0.2) is 28.6 Å². The fourth-order valence-electron chi connectivity index (χ4n) is 3.05. The van der Waals surface area contributed by atoms with Crippen molar-refractivity contribution in [2.24, 2.45) is 5.92 Å². The number of hydrogen-bond acceptors (Lipinski definition) is 2. The molecule has 0 amide bonds. The second-order valence-electron chi connectivity index (χ2n) is 6.03. The molecular weight excluding hydrogens is 250 g/mol. The van der Waals surface area contributed by atoms with Crippen LogP contribution in [0.1, 0.15) is 43.7 Å². The zero-order valence-electron chi connectivity index (χ0n) is 12.5. The van der Waals surface area contributed by atoms with Crippen molar-refractivity contribution in [2.45, 2.75) is 52.1 Å². The molecule has 3 nitrogen and oxygen atoms in total. The molecule has 0 bridgehead atoms. The summed E-state index contributed by atoms with van der Waals surface area (Å²) in [5.41, 5.74) is 2.61. The minimum Gasteiger partial charge on any atom is -0.481 e. The Kier molecular flexibility index (Phi) is 5.18. The molecule has 1 aromatic rings. The van der Waals surface area contributed by atoms with Gasteiger partial charge >= 0.3 is 5.97 Å². The Hall–Kier alpha value is -1.35. The van der Waals surface area contributed by atoms with Crippen LogP contribution in [0.2, 0.25) is 0 Å². The van der Waals surface area contributed by atoms with E-state index < -0.39 is 5.97 Å². The maximum Gasteiger partial charge on any atom is 0.307 e. The number of nitrogens with zero attached hydrogens (tertiary/aromatic N) is 1. The van der Waals surface area contributed by atoms with E-state index in [0.717, 1.165) is 6.54 Å². The van der Waals surface area contributed by atoms with Gasteiger partial charge in [-0.2, -0.15) is 0 Å². The van der Waals surface area contributed by atoms with Crippen molar-refractivity contribution in [1.29, 1.82) is 0 Å². The van der Waals surface area contributed by atoms with E-state index in [-0.39, 0.29) is 5.92 Å². The van der Waals surface area contributed by atoms with Crippen molar-refractivity contribution in [3.05, 3.63) is 35.4 Å². The summed E-state index contributed by atoms with van der Waals surface area (Å²) in [6, 6.07) is 8.95. The Balaban J connectivity index is 2.09. The van der Waals surface area contributed by atoms with E-state index in [4.69, 9.17) is 5.11 Å². The Morgan fingerprint density at radius 1 is 1.35 bits per heavy atom. The van der Waals surface area contributed by atoms with Crippen LogP contribution in [0.15, 0.2) is 24.3 Å². The summed E-state index contributed by atoms with van der Waals surface area (Å²) < 4.78 is 0. The van der Waals surface area contributed by atoms with E-state index in [2.05, 4.69) is 36.1 Å². The summed E-state index contributed by atoms with van der Waals surface area (Å²) in [6.45, 7) is 5.45. The lowest BCUT2D eigenvalue weighted by Crippen LogP contribution is -2.38. The first kappa shape index (κ1) is 15.0. The zero-order chi connectivity index (χ0) is 14.5. The monoisotopic (exact) mass is 275 g/mol. The molecule has 1 atom stereocenters. The SMILES string of the molecule is Cc1ccccc1CN(CC(C)C(=O)O)C1CCCC1. The summed E-state index contributed by atoms with van der Waals surface area (Å²) in [5, 5.41) is 9.17. The van der Waals surface area contributed by atoms with E-state index >= 15 is 0 Å². The highest BCUT2D eigenvalue weighted by molar-refractivity contribution is 5.69. The Labute approximate surface area is 121 Å².